The third-order valence-corrected chi connectivity index (χ3v) is 4.69. The van der Waals surface area contributed by atoms with Gasteiger partial charge in [0.15, 0.2) is 5.82 Å². The normalized spacial score (nSPS) is 16.9. The van der Waals surface area contributed by atoms with Crippen LogP contribution in [0.4, 0.5) is 5.82 Å². The Morgan fingerprint density at radius 1 is 1.23 bits per heavy atom. The van der Waals surface area contributed by atoms with Gasteiger partial charge in [0.05, 0.1) is 24.9 Å². The van der Waals surface area contributed by atoms with Crippen LogP contribution in [0.5, 0.6) is 0 Å². The summed E-state index contributed by atoms with van der Waals surface area (Å²) >= 11 is 0. The second-order valence-electron chi connectivity index (χ2n) is 7.92. The van der Waals surface area contributed by atoms with Crippen LogP contribution in [0.1, 0.15) is 56.7 Å². The standard InChI is InChI=1S/C18H30N6O2/c1-12-14(16(23(6)21-12)24-7-9-25-10-8-24)11-19-13(2)15-20-17(22-26-15)18(3,4)5/h13,19H,7-11H2,1-6H3. The first-order valence-corrected chi connectivity index (χ1v) is 9.20. The number of anilines is 1. The molecule has 0 saturated carbocycles. The monoisotopic (exact) mass is 362 g/mol. The smallest absolute Gasteiger partial charge is 0.243 e. The van der Waals surface area contributed by atoms with Crippen LogP contribution in [0.25, 0.3) is 0 Å². The van der Waals surface area contributed by atoms with Crippen molar-refractivity contribution in [3.05, 3.63) is 23.0 Å². The summed E-state index contributed by atoms with van der Waals surface area (Å²) in [6, 6.07) is -0.0317. The van der Waals surface area contributed by atoms with Gasteiger partial charge >= 0.3 is 0 Å². The summed E-state index contributed by atoms with van der Waals surface area (Å²) in [5.74, 6) is 2.50. The van der Waals surface area contributed by atoms with E-state index in [0.717, 1.165) is 43.6 Å². The van der Waals surface area contributed by atoms with Gasteiger partial charge < -0.3 is 19.5 Å². The average molecular weight is 362 g/mol. The number of hydrogen-bond donors (Lipinski definition) is 1. The Hall–Kier alpha value is -1.93. The number of aryl methyl sites for hydroxylation is 2. The van der Waals surface area contributed by atoms with E-state index in [1.165, 1.54) is 5.56 Å². The predicted octanol–water partition coefficient (Wildman–Crippen LogP) is 2.10. The molecule has 2 aromatic heterocycles. The van der Waals surface area contributed by atoms with Crippen LogP contribution < -0.4 is 10.2 Å². The van der Waals surface area contributed by atoms with Crippen LogP contribution in [0.2, 0.25) is 0 Å². The fourth-order valence-electron chi connectivity index (χ4n) is 3.13. The molecule has 1 fully saturated rings. The van der Waals surface area contributed by atoms with E-state index in [9.17, 15) is 0 Å². The van der Waals surface area contributed by atoms with Crippen LogP contribution >= 0.6 is 0 Å². The summed E-state index contributed by atoms with van der Waals surface area (Å²) in [5.41, 5.74) is 2.12. The van der Waals surface area contributed by atoms with E-state index in [-0.39, 0.29) is 11.5 Å². The van der Waals surface area contributed by atoms with Gasteiger partial charge in [-0.25, -0.2) is 0 Å². The van der Waals surface area contributed by atoms with Gasteiger partial charge in [0, 0.05) is 37.7 Å². The number of morpholine rings is 1. The first kappa shape index (κ1) is 18.8. The van der Waals surface area contributed by atoms with Crippen molar-refractivity contribution < 1.29 is 9.26 Å². The summed E-state index contributed by atoms with van der Waals surface area (Å²) in [6.07, 6.45) is 0. The molecule has 1 aliphatic rings. The van der Waals surface area contributed by atoms with Crippen LogP contribution in [0, 0.1) is 6.92 Å². The number of rotatable bonds is 5. The molecule has 1 unspecified atom stereocenters. The lowest BCUT2D eigenvalue weighted by Gasteiger charge is -2.29. The van der Waals surface area contributed by atoms with Gasteiger partial charge in [-0.3, -0.25) is 4.68 Å². The molecule has 26 heavy (non-hydrogen) atoms. The quantitative estimate of drug-likeness (QED) is 0.872. The highest BCUT2D eigenvalue weighted by Gasteiger charge is 2.25. The van der Waals surface area contributed by atoms with Crippen molar-refractivity contribution >= 4 is 5.82 Å². The number of hydrogen-bond acceptors (Lipinski definition) is 7. The third-order valence-electron chi connectivity index (χ3n) is 4.69. The zero-order chi connectivity index (χ0) is 18.9. The number of ether oxygens (including phenoxy) is 1. The minimum absolute atomic E-state index is 0.0317. The van der Waals surface area contributed by atoms with Crippen LogP contribution in [-0.2, 0) is 23.7 Å². The van der Waals surface area contributed by atoms with Gasteiger partial charge in [0.1, 0.15) is 5.82 Å². The molecule has 0 amide bonds. The van der Waals surface area contributed by atoms with Crippen molar-refractivity contribution in [1.29, 1.82) is 0 Å². The molecule has 0 aromatic carbocycles. The van der Waals surface area contributed by atoms with E-state index in [0.29, 0.717) is 12.4 Å². The maximum absolute atomic E-state index is 5.48. The van der Waals surface area contributed by atoms with Crippen molar-refractivity contribution in [3.63, 3.8) is 0 Å². The lowest BCUT2D eigenvalue weighted by Crippen LogP contribution is -2.38. The molecule has 0 aliphatic carbocycles. The SMILES string of the molecule is Cc1nn(C)c(N2CCOCC2)c1CNC(C)c1nc(C(C)(C)C)no1. The Morgan fingerprint density at radius 3 is 2.54 bits per heavy atom. The lowest BCUT2D eigenvalue weighted by atomic mass is 9.96. The Bertz CT molecular complexity index is 739. The molecule has 8 heteroatoms. The Balaban J connectivity index is 1.72. The predicted molar refractivity (Wildman–Crippen MR) is 99.2 cm³/mol. The van der Waals surface area contributed by atoms with Gasteiger partial charge in [0.2, 0.25) is 5.89 Å². The van der Waals surface area contributed by atoms with Crippen molar-refractivity contribution in [1.82, 2.24) is 25.2 Å². The Labute approximate surface area is 154 Å². The molecular weight excluding hydrogens is 332 g/mol. The Kier molecular flexibility index (Phi) is 5.34. The topological polar surface area (TPSA) is 81.2 Å². The summed E-state index contributed by atoms with van der Waals surface area (Å²) in [6.45, 7) is 14.3. The van der Waals surface area contributed by atoms with E-state index < -0.39 is 0 Å². The van der Waals surface area contributed by atoms with Crippen LogP contribution in [0.15, 0.2) is 4.52 Å². The highest BCUT2D eigenvalue weighted by atomic mass is 16.5. The molecule has 8 nitrogen and oxygen atoms in total. The number of nitrogens with zero attached hydrogens (tertiary/aromatic N) is 5. The minimum Gasteiger partial charge on any atom is -0.378 e. The number of aromatic nitrogens is 4. The Morgan fingerprint density at radius 2 is 1.92 bits per heavy atom. The second-order valence-corrected chi connectivity index (χ2v) is 7.92. The highest BCUT2D eigenvalue weighted by molar-refractivity contribution is 5.50. The van der Waals surface area contributed by atoms with Gasteiger partial charge in [-0.2, -0.15) is 10.1 Å². The van der Waals surface area contributed by atoms with E-state index in [1.807, 2.05) is 18.7 Å². The van der Waals surface area contributed by atoms with Gasteiger partial charge in [-0.05, 0) is 13.8 Å². The fraction of sp³-hybridized carbons (Fsp3) is 0.722. The molecule has 0 spiro atoms. The zero-order valence-corrected chi connectivity index (χ0v) is 16.7. The molecule has 2 aromatic rings. The maximum atomic E-state index is 5.48. The van der Waals surface area contributed by atoms with E-state index in [4.69, 9.17) is 9.26 Å². The molecule has 1 N–H and O–H groups in total. The summed E-state index contributed by atoms with van der Waals surface area (Å²) in [4.78, 5) is 6.89. The van der Waals surface area contributed by atoms with Crippen molar-refractivity contribution in [2.45, 2.75) is 52.6 Å². The maximum Gasteiger partial charge on any atom is 0.243 e. The largest absolute Gasteiger partial charge is 0.378 e. The molecule has 1 atom stereocenters. The second kappa shape index (κ2) is 7.36. The van der Waals surface area contributed by atoms with Crippen LogP contribution in [-0.4, -0.2) is 46.2 Å². The minimum atomic E-state index is -0.120. The molecule has 3 rings (SSSR count). The first-order chi connectivity index (χ1) is 12.3. The van der Waals surface area contributed by atoms with Gasteiger partial charge in [0.25, 0.3) is 0 Å². The molecular formula is C18H30N6O2. The number of nitrogens with one attached hydrogen (secondary N) is 1. The molecule has 1 saturated heterocycles. The summed E-state index contributed by atoms with van der Waals surface area (Å²) in [5, 5.41) is 12.2. The molecule has 1 aliphatic heterocycles. The van der Waals surface area contributed by atoms with Crippen molar-refractivity contribution in [2.24, 2.45) is 7.05 Å². The third kappa shape index (κ3) is 3.91. The van der Waals surface area contributed by atoms with Gasteiger partial charge in [-0.1, -0.05) is 25.9 Å². The van der Waals surface area contributed by atoms with Gasteiger partial charge in [-0.15, -0.1) is 0 Å². The fourth-order valence-corrected chi connectivity index (χ4v) is 3.13. The van der Waals surface area contributed by atoms with Crippen LogP contribution in [0.3, 0.4) is 0 Å². The molecule has 0 bridgehead atoms. The average Bonchev–Trinajstić information content (AvgIpc) is 3.18. The highest BCUT2D eigenvalue weighted by Crippen LogP contribution is 2.25. The van der Waals surface area contributed by atoms with E-state index >= 15 is 0 Å². The lowest BCUT2D eigenvalue weighted by molar-refractivity contribution is 0.122. The van der Waals surface area contributed by atoms with E-state index in [2.05, 4.69) is 53.2 Å². The summed E-state index contributed by atoms with van der Waals surface area (Å²) in [7, 11) is 2.00. The molecule has 3 heterocycles. The zero-order valence-electron chi connectivity index (χ0n) is 16.7. The molecule has 144 valence electrons. The molecule has 0 radical (unpaired) electrons. The van der Waals surface area contributed by atoms with Crippen molar-refractivity contribution in [3.8, 4) is 0 Å². The van der Waals surface area contributed by atoms with Crippen molar-refractivity contribution in [2.75, 3.05) is 31.2 Å². The summed E-state index contributed by atoms with van der Waals surface area (Å²) < 4.78 is 12.9. The first-order valence-electron chi connectivity index (χ1n) is 9.20. The van der Waals surface area contributed by atoms with E-state index in [1.54, 1.807) is 0 Å².